The number of hydrogen-bond donors (Lipinski definition) is 2. The molecule has 2 N–H and O–H groups in total. The van der Waals surface area contributed by atoms with Gasteiger partial charge in [0, 0.05) is 6.54 Å². The predicted octanol–water partition coefficient (Wildman–Crippen LogP) is 2.19. The second-order valence-corrected chi connectivity index (χ2v) is 4.32. The Labute approximate surface area is 122 Å². The number of hydrogen-bond acceptors (Lipinski definition) is 5. The molecule has 1 aromatic heterocycles. The third kappa shape index (κ3) is 3.31. The maximum absolute atomic E-state index is 11.3. The normalized spacial score (nSPS) is 10.4. The lowest BCUT2D eigenvalue weighted by Crippen LogP contribution is -2.06. The van der Waals surface area contributed by atoms with Gasteiger partial charge in [0.2, 0.25) is 5.69 Å². The summed E-state index contributed by atoms with van der Waals surface area (Å²) in [5.74, 6) is -0.252. The molecule has 1 aromatic carbocycles. The van der Waals surface area contributed by atoms with E-state index in [1.807, 2.05) is 26.0 Å². The summed E-state index contributed by atoms with van der Waals surface area (Å²) >= 11 is 0. The molecule has 2 aromatic rings. The maximum Gasteiger partial charge on any atom is 0.360 e. The molecule has 0 saturated carbocycles. The Morgan fingerprint density at radius 3 is 2.76 bits per heavy atom. The fourth-order valence-corrected chi connectivity index (χ4v) is 1.82. The van der Waals surface area contributed by atoms with Crippen molar-refractivity contribution in [3.63, 3.8) is 0 Å². The number of rotatable bonds is 7. The van der Waals surface area contributed by atoms with E-state index in [1.54, 1.807) is 12.1 Å². The number of nitrogens with one attached hydrogen (secondary N) is 1. The Morgan fingerprint density at radius 2 is 2.10 bits per heavy atom. The third-order valence-electron chi connectivity index (χ3n) is 2.74. The lowest BCUT2D eigenvalue weighted by atomic mass is 10.3. The van der Waals surface area contributed by atoms with E-state index >= 15 is 0 Å². The van der Waals surface area contributed by atoms with E-state index in [1.165, 1.54) is 4.80 Å². The molecule has 0 aliphatic rings. The Kier molecular flexibility index (Phi) is 4.76. The van der Waals surface area contributed by atoms with E-state index in [0.717, 1.165) is 6.42 Å². The smallest absolute Gasteiger partial charge is 0.360 e. The van der Waals surface area contributed by atoms with Crippen LogP contribution in [0.25, 0.3) is 5.69 Å². The molecule has 7 nitrogen and oxygen atoms in total. The molecule has 0 saturated heterocycles. The van der Waals surface area contributed by atoms with Gasteiger partial charge in [-0.15, -0.1) is 15.0 Å². The average molecular weight is 290 g/mol. The van der Waals surface area contributed by atoms with Gasteiger partial charge in [-0.3, -0.25) is 0 Å². The fourth-order valence-electron chi connectivity index (χ4n) is 1.82. The minimum absolute atomic E-state index is 0.102. The Morgan fingerprint density at radius 1 is 1.33 bits per heavy atom. The van der Waals surface area contributed by atoms with Crippen molar-refractivity contribution in [3.8, 4) is 11.4 Å². The molecule has 0 amide bonds. The topological polar surface area (TPSA) is 89.3 Å². The fraction of sp³-hybridized carbons (Fsp3) is 0.357. The van der Waals surface area contributed by atoms with Crippen molar-refractivity contribution >= 4 is 11.8 Å². The molecule has 0 aliphatic carbocycles. The van der Waals surface area contributed by atoms with E-state index in [9.17, 15) is 9.90 Å². The van der Waals surface area contributed by atoms with Crippen LogP contribution in [0.1, 0.15) is 30.8 Å². The first-order chi connectivity index (χ1) is 10.2. The van der Waals surface area contributed by atoms with Gasteiger partial charge in [-0.05, 0) is 25.5 Å². The zero-order chi connectivity index (χ0) is 15.2. The quantitative estimate of drug-likeness (QED) is 0.812. The van der Waals surface area contributed by atoms with Crippen LogP contribution in [0.3, 0.4) is 0 Å². The number of nitrogens with zero attached hydrogens (tertiary/aromatic N) is 3. The molecule has 0 aliphatic heterocycles. The number of aromatic nitrogens is 3. The first kappa shape index (κ1) is 14.8. The monoisotopic (exact) mass is 290 g/mol. The van der Waals surface area contributed by atoms with Gasteiger partial charge in [0.1, 0.15) is 11.4 Å². The highest BCUT2D eigenvalue weighted by molar-refractivity contribution is 5.90. The first-order valence-electron chi connectivity index (χ1n) is 6.84. The number of ether oxygens (including phenoxy) is 1. The molecular weight excluding hydrogens is 272 g/mol. The Bertz CT molecular complexity index is 624. The molecule has 0 unspecified atom stereocenters. The van der Waals surface area contributed by atoms with Crippen LogP contribution in [-0.4, -0.2) is 39.2 Å². The Balaban J connectivity index is 2.42. The molecule has 112 valence electrons. The van der Waals surface area contributed by atoms with Crippen molar-refractivity contribution in [2.45, 2.75) is 20.3 Å². The molecule has 0 bridgehead atoms. The molecule has 0 radical (unpaired) electrons. The van der Waals surface area contributed by atoms with Gasteiger partial charge in [0.25, 0.3) is 0 Å². The van der Waals surface area contributed by atoms with Crippen LogP contribution >= 0.6 is 0 Å². The molecule has 7 heteroatoms. The van der Waals surface area contributed by atoms with Gasteiger partial charge < -0.3 is 15.2 Å². The summed E-state index contributed by atoms with van der Waals surface area (Å²) in [5.41, 5.74) is 0.501. The van der Waals surface area contributed by atoms with Gasteiger partial charge >= 0.3 is 5.97 Å². The molecule has 1 heterocycles. The number of anilines is 1. The van der Waals surface area contributed by atoms with Gasteiger partial charge in [-0.1, -0.05) is 19.1 Å². The highest BCUT2D eigenvalue weighted by atomic mass is 16.5. The summed E-state index contributed by atoms with van der Waals surface area (Å²) in [6.45, 7) is 5.00. The van der Waals surface area contributed by atoms with E-state index in [4.69, 9.17) is 4.74 Å². The number of carbonyl (C=O) groups is 1. The molecular formula is C14H18N4O3. The van der Waals surface area contributed by atoms with Crippen LogP contribution in [0.5, 0.6) is 5.75 Å². The van der Waals surface area contributed by atoms with Crippen LogP contribution < -0.4 is 10.1 Å². The summed E-state index contributed by atoms with van der Waals surface area (Å²) in [5, 5.41) is 20.4. The predicted molar refractivity (Wildman–Crippen MR) is 78.3 cm³/mol. The van der Waals surface area contributed by atoms with E-state index < -0.39 is 5.97 Å². The van der Waals surface area contributed by atoms with Crippen molar-refractivity contribution < 1.29 is 14.6 Å². The molecule has 0 fully saturated rings. The second kappa shape index (κ2) is 6.74. The van der Waals surface area contributed by atoms with Crippen LogP contribution in [-0.2, 0) is 0 Å². The largest absolute Gasteiger partial charge is 0.492 e. The van der Waals surface area contributed by atoms with Crippen molar-refractivity contribution in [2.75, 3.05) is 18.5 Å². The highest BCUT2D eigenvalue weighted by Crippen LogP contribution is 2.23. The number of carboxylic acid groups (broad SMARTS) is 1. The Hall–Kier alpha value is -2.57. The molecule has 2 rings (SSSR count). The zero-order valence-electron chi connectivity index (χ0n) is 12.0. The average Bonchev–Trinajstić information content (AvgIpc) is 2.90. The van der Waals surface area contributed by atoms with Crippen LogP contribution in [0.15, 0.2) is 24.3 Å². The summed E-state index contributed by atoms with van der Waals surface area (Å²) in [6, 6.07) is 7.23. The lowest BCUT2D eigenvalue weighted by Gasteiger charge is -2.08. The van der Waals surface area contributed by atoms with Crippen LogP contribution in [0.4, 0.5) is 5.82 Å². The van der Waals surface area contributed by atoms with Crippen molar-refractivity contribution in [1.82, 2.24) is 15.0 Å². The number of aromatic carboxylic acids is 1. The SMILES string of the molecule is CCCNc1nn(-c2ccccc2OCC)nc1C(=O)O. The van der Waals surface area contributed by atoms with E-state index in [0.29, 0.717) is 24.6 Å². The van der Waals surface area contributed by atoms with E-state index in [-0.39, 0.29) is 11.5 Å². The van der Waals surface area contributed by atoms with Crippen molar-refractivity contribution in [1.29, 1.82) is 0 Å². The maximum atomic E-state index is 11.3. The zero-order valence-corrected chi connectivity index (χ0v) is 12.0. The van der Waals surface area contributed by atoms with Gasteiger partial charge in [-0.25, -0.2) is 4.79 Å². The van der Waals surface area contributed by atoms with Crippen LogP contribution in [0.2, 0.25) is 0 Å². The molecule has 0 atom stereocenters. The van der Waals surface area contributed by atoms with Gasteiger partial charge in [-0.2, -0.15) is 0 Å². The summed E-state index contributed by atoms with van der Waals surface area (Å²) in [4.78, 5) is 12.5. The third-order valence-corrected chi connectivity index (χ3v) is 2.74. The minimum Gasteiger partial charge on any atom is -0.492 e. The van der Waals surface area contributed by atoms with Gasteiger partial charge in [0.15, 0.2) is 5.82 Å². The summed E-state index contributed by atoms with van der Waals surface area (Å²) in [6.07, 6.45) is 0.863. The lowest BCUT2D eigenvalue weighted by molar-refractivity contribution is 0.0691. The molecule has 21 heavy (non-hydrogen) atoms. The summed E-state index contributed by atoms with van der Waals surface area (Å²) < 4.78 is 5.51. The van der Waals surface area contributed by atoms with E-state index in [2.05, 4.69) is 15.5 Å². The standard InChI is InChI=1S/C14H18N4O3/c1-3-9-15-13-12(14(19)20)16-18(17-13)10-7-5-6-8-11(10)21-4-2/h5-8H,3-4,9H2,1-2H3,(H,15,17)(H,19,20). The molecule has 0 spiro atoms. The second-order valence-electron chi connectivity index (χ2n) is 4.32. The minimum atomic E-state index is -1.12. The first-order valence-corrected chi connectivity index (χ1v) is 6.84. The van der Waals surface area contributed by atoms with Crippen molar-refractivity contribution in [3.05, 3.63) is 30.0 Å². The number of benzene rings is 1. The van der Waals surface area contributed by atoms with Gasteiger partial charge in [0.05, 0.1) is 6.61 Å². The van der Waals surface area contributed by atoms with Crippen LogP contribution in [0, 0.1) is 0 Å². The number of para-hydroxylation sites is 2. The summed E-state index contributed by atoms with van der Waals surface area (Å²) in [7, 11) is 0. The highest BCUT2D eigenvalue weighted by Gasteiger charge is 2.19. The number of carboxylic acids is 1. The van der Waals surface area contributed by atoms with Crippen molar-refractivity contribution in [2.24, 2.45) is 0 Å².